The van der Waals surface area contributed by atoms with Crippen LogP contribution in [0.1, 0.15) is 0 Å². The largest absolute Gasteiger partial charge is 0.528 e. The number of hydrogen-bond donors (Lipinski definition) is 2. The Morgan fingerprint density at radius 1 is 1.22 bits per heavy atom. The number of hydrogen-bond acceptors (Lipinski definition) is 5. The minimum absolute atomic E-state index is 0.0370. The molecule has 0 amide bonds. The number of nitrogens with zero attached hydrogens (tertiary/aromatic N) is 3. The molecule has 0 bridgehead atoms. The van der Waals surface area contributed by atoms with Crippen LogP contribution in [-0.2, 0) is 0 Å². The Hall–Kier alpha value is -1.01. The predicted octanol–water partition coefficient (Wildman–Crippen LogP) is -2.45. The first-order valence-corrected chi connectivity index (χ1v) is 2.29. The van der Waals surface area contributed by atoms with Gasteiger partial charge in [-0.2, -0.15) is 0 Å². The van der Waals surface area contributed by atoms with Gasteiger partial charge in [-0.25, -0.2) is 15.0 Å². The topological polar surface area (TPSA) is 79.1 Å². The summed E-state index contributed by atoms with van der Waals surface area (Å²) in [5.74, 6) is 0. The second-order valence-electron chi connectivity index (χ2n) is 1.37. The molecule has 1 heterocycles. The van der Waals surface area contributed by atoms with E-state index in [2.05, 4.69) is 15.0 Å². The highest BCUT2D eigenvalue weighted by molar-refractivity contribution is 6.56. The van der Waals surface area contributed by atoms with Crippen LogP contribution in [0.25, 0.3) is 0 Å². The van der Waals surface area contributed by atoms with E-state index in [0.29, 0.717) is 0 Å². The van der Waals surface area contributed by atoms with Crippen LogP contribution in [0, 0.1) is 0 Å². The van der Waals surface area contributed by atoms with Crippen molar-refractivity contribution in [3.05, 3.63) is 12.7 Å². The highest BCUT2D eigenvalue weighted by atomic mass is 16.4. The minimum Gasteiger partial charge on any atom is -0.421 e. The van der Waals surface area contributed by atoms with E-state index in [0.717, 1.165) is 0 Å². The van der Waals surface area contributed by atoms with Gasteiger partial charge >= 0.3 is 7.12 Å². The molecule has 0 aromatic carbocycles. The molecule has 0 aliphatic rings. The van der Waals surface area contributed by atoms with Crippen LogP contribution >= 0.6 is 0 Å². The van der Waals surface area contributed by atoms with E-state index in [1.54, 1.807) is 0 Å². The fourth-order valence-electron chi connectivity index (χ4n) is 0.381. The summed E-state index contributed by atoms with van der Waals surface area (Å²) < 4.78 is 0. The zero-order chi connectivity index (χ0) is 6.69. The van der Waals surface area contributed by atoms with Crippen molar-refractivity contribution in [1.29, 1.82) is 0 Å². The van der Waals surface area contributed by atoms with Gasteiger partial charge in [-0.15, -0.1) is 0 Å². The van der Waals surface area contributed by atoms with Crippen LogP contribution in [0.15, 0.2) is 12.7 Å². The molecule has 0 atom stereocenters. The summed E-state index contributed by atoms with van der Waals surface area (Å²) in [6.45, 7) is 0. The summed E-state index contributed by atoms with van der Waals surface area (Å²) in [5, 5.41) is 16.9. The molecule has 0 spiro atoms. The van der Waals surface area contributed by atoms with Crippen molar-refractivity contribution in [1.82, 2.24) is 15.0 Å². The minimum atomic E-state index is -1.60. The van der Waals surface area contributed by atoms with E-state index in [9.17, 15) is 0 Å². The van der Waals surface area contributed by atoms with Crippen molar-refractivity contribution < 1.29 is 10.0 Å². The highest BCUT2D eigenvalue weighted by Crippen LogP contribution is 1.65. The van der Waals surface area contributed by atoms with Gasteiger partial charge in [-0.1, -0.05) is 0 Å². The monoisotopic (exact) mass is 125 g/mol. The van der Waals surface area contributed by atoms with E-state index >= 15 is 0 Å². The average molecular weight is 125 g/mol. The summed E-state index contributed by atoms with van der Waals surface area (Å²) in [4.78, 5) is 10.4. The first-order valence-electron chi connectivity index (χ1n) is 2.29. The smallest absolute Gasteiger partial charge is 0.421 e. The maximum atomic E-state index is 8.43. The Balaban J connectivity index is 2.85. The molecule has 6 heteroatoms. The van der Waals surface area contributed by atoms with Gasteiger partial charge in [0.2, 0.25) is 0 Å². The van der Waals surface area contributed by atoms with Crippen LogP contribution in [0.2, 0.25) is 0 Å². The summed E-state index contributed by atoms with van der Waals surface area (Å²) in [6, 6.07) is 0. The first kappa shape index (κ1) is 6.12. The Morgan fingerprint density at radius 2 is 1.78 bits per heavy atom. The van der Waals surface area contributed by atoms with Crippen LogP contribution in [-0.4, -0.2) is 32.1 Å². The highest BCUT2D eigenvalue weighted by Gasteiger charge is 2.12. The SMILES string of the molecule is OB(O)c1ncncn1. The van der Waals surface area contributed by atoms with Crippen LogP contribution in [0.5, 0.6) is 0 Å². The molecular weight excluding hydrogens is 121 g/mol. The van der Waals surface area contributed by atoms with Crippen molar-refractivity contribution in [3.63, 3.8) is 0 Å². The quantitative estimate of drug-likeness (QED) is 0.407. The first-order chi connectivity index (χ1) is 4.30. The van der Waals surface area contributed by atoms with Crippen molar-refractivity contribution in [3.8, 4) is 0 Å². The van der Waals surface area contributed by atoms with E-state index in [1.807, 2.05) is 0 Å². The molecule has 5 nitrogen and oxygen atoms in total. The van der Waals surface area contributed by atoms with E-state index in [-0.39, 0.29) is 5.72 Å². The molecule has 1 aromatic rings. The van der Waals surface area contributed by atoms with Gasteiger partial charge in [0.1, 0.15) is 12.7 Å². The second-order valence-corrected chi connectivity index (χ2v) is 1.37. The fourth-order valence-corrected chi connectivity index (χ4v) is 0.381. The van der Waals surface area contributed by atoms with Gasteiger partial charge < -0.3 is 10.0 Å². The normalized spacial score (nSPS) is 9.11. The van der Waals surface area contributed by atoms with Gasteiger partial charge in [-0.05, 0) is 0 Å². The molecule has 0 saturated carbocycles. The van der Waals surface area contributed by atoms with Gasteiger partial charge in [-0.3, -0.25) is 0 Å². The Labute approximate surface area is 51.6 Å². The molecule has 0 radical (unpaired) electrons. The Bertz CT molecular complexity index is 180. The van der Waals surface area contributed by atoms with Crippen LogP contribution < -0.4 is 5.72 Å². The standard InChI is InChI=1S/C3H4BN3O2/c8-4(9)3-6-1-5-2-7-3/h1-2,8-9H. The third kappa shape index (κ3) is 1.44. The maximum Gasteiger partial charge on any atom is 0.528 e. The Morgan fingerprint density at radius 3 is 2.11 bits per heavy atom. The zero-order valence-electron chi connectivity index (χ0n) is 4.47. The summed E-state index contributed by atoms with van der Waals surface area (Å²) >= 11 is 0. The Kier molecular flexibility index (Phi) is 1.71. The molecule has 1 aromatic heterocycles. The van der Waals surface area contributed by atoms with Crippen LogP contribution in [0.4, 0.5) is 0 Å². The van der Waals surface area contributed by atoms with Crippen LogP contribution in [0.3, 0.4) is 0 Å². The predicted molar refractivity (Wildman–Crippen MR) is 29.7 cm³/mol. The number of rotatable bonds is 1. The van der Waals surface area contributed by atoms with Gasteiger partial charge in [0, 0.05) is 0 Å². The summed E-state index contributed by atoms with van der Waals surface area (Å²) in [5.41, 5.74) is -0.0370. The molecule has 0 fully saturated rings. The molecule has 46 valence electrons. The van der Waals surface area contributed by atoms with Gasteiger partial charge in [0.25, 0.3) is 0 Å². The summed E-state index contributed by atoms with van der Waals surface area (Å²) in [6.07, 6.45) is 2.39. The molecule has 0 unspecified atom stereocenters. The lowest BCUT2D eigenvalue weighted by atomic mass is 9.91. The van der Waals surface area contributed by atoms with E-state index in [4.69, 9.17) is 10.0 Å². The lowest BCUT2D eigenvalue weighted by Gasteiger charge is -1.91. The maximum absolute atomic E-state index is 8.43. The summed E-state index contributed by atoms with van der Waals surface area (Å²) in [7, 11) is -1.60. The average Bonchev–Trinajstić information content (AvgIpc) is 1.90. The fraction of sp³-hybridized carbons (Fsp3) is 0. The van der Waals surface area contributed by atoms with Crippen molar-refractivity contribution in [2.45, 2.75) is 0 Å². The molecule has 0 aliphatic heterocycles. The van der Waals surface area contributed by atoms with Crippen molar-refractivity contribution in [2.75, 3.05) is 0 Å². The third-order valence-electron chi connectivity index (χ3n) is 0.744. The molecule has 0 aliphatic carbocycles. The number of aromatic nitrogens is 3. The molecular formula is C3H4BN3O2. The lowest BCUT2D eigenvalue weighted by molar-refractivity contribution is 0.422. The zero-order valence-corrected chi connectivity index (χ0v) is 4.47. The molecule has 9 heavy (non-hydrogen) atoms. The van der Waals surface area contributed by atoms with Crippen molar-refractivity contribution >= 4 is 12.8 Å². The van der Waals surface area contributed by atoms with Crippen molar-refractivity contribution in [2.24, 2.45) is 0 Å². The molecule has 2 N–H and O–H groups in total. The van der Waals surface area contributed by atoms with Gasteiger partial charge in [0.05, 0.1) is 0 Å². The lowest BCUT2D eigenvalue weighted by Crippen LogP contribution is -2.35. The third-order valence-corrected chi connectivity index (χ3v) is 0.744. The van der Waals surface area contributed by atoms with E-state index < -0.39 is 7.12 Å². The second kappa shape index (κ2) is 2.52. The molecule has 0 saturated heterocycles. The van der Waals surface area contributed by atoms with Gasteiger partial charge in [0.15, 0.2) is 5.72 Å². The molecule has 1 rings (SSSR count). The van der Waals surface area contributed by atoms with E-state index in [1.165, 1.54) is 12.7 Å².